The van der Waals surface area contributed by atoms with Crippen LogP contribution in [-0.2, 0) is 0 Å². The van der Waals surface area contributed by atoms with E-state index in [0.29, 0.717) is 6.04 Å². The molecule has 1 saturated heterocycles. The van der Waals surface area contributed by atoms with Crippen molar-refractivity contribution < 1.29 is 0 Å². The van der Waals surface area contributed by atoms with E-state index in [1.54, 1.807) is 0 Å². The molecule has 0 aromatic carbocycles. The Balaban J connectivity index is 2.17. The monoisotopic (exact) mass is 280 g/mol. The third-order valence-corrected chi connectivity index (χ3v) is 5.45. The summed E-state index contributed by atoms with van der Waals surface area (Å²) in [6.07, 6.45) is 5.05. The SMILES string of the molecule is CCC(N)C(c1ccc(C)s1)N1CCCC(C)CC1. The second kappa shape index (κ2) is 6.87. The van der Waals surface area contributed by atoms with Crippen molar-refractivity contribution in [2.24, 2.45) is 11.7 Å². The number of thiophene rings is 1. The van der Waals surface area contributed by atoms with Crippen molar-refractivity contribution in [1.82, 2.24) is 4.90 Å². The summed E-state index contributed by atoms with van der Waals surface area (Å²) in [4.78, 5) is 5.50. The van der Waals surface area contributed by atoms with Gasteiger partial charge in [0.05, 0.1) is 6.04 Å². The minimum Gasteiger partial charge on any atom is -0.326 e. The first kappa shape index (κ1) is 15.0. The Bertz CT molecular complexity index is 388. The van der Waals surface area contributed by atoms with Crippen molar-refractivity contribution in [3.05, 3.63) is 21.9 Å². The molecule has 0 amide bonds. The lowest BCUT2D eigenvalue weighted by atomic mass is 10.0. The molecule has 2 nitrogen and oxygen atoms in total. The third kappa shape index (κ3) is 3.80. The Hall–Kier alpha value is -0.380. The van der Waals surface area contributed by atoms with Gasteiger partial charge in [-0.1, -0.05) is 13.8 Å². The van der Waals surface area contributed by atoms with Crippen LogP contribution in [0, 0.1) is 12.8 Å². The average molecular weight is 280 g/mol. The third-order valence-electron chi connectivity index (χ3n) is 4.37. The Morgan fingerprint density at radius 1 is 1.37 bits per heavy atom. The molecule has 108 valence electrons. The molecular formula is C16H28N2S. The van der Waals surface area contributed by atoms with Gasteiger partial charge in [0.25, 0.3) is 0 Å². The van der Waals surface area contributed by atoms with Gasteiger partial charge in [-0.15, -0.1) is 11.3 Å². The number of nitrogens with zero attached hydrogens (tertiary/aromatic N) is 1. The summed E-state index contributed by atoms with van der Waals surface area (Å²) in [7, 11) is 0. The normalized spacial score (nSPS) is 24.9. The summed E-state index contributed by atoms with van der Waals surface area (Å²) in [6.45, 7) is 9.19. The van der Waals surface area contributed by atoms with Gasteiger partial charge in [0.1, 0.15) is 0 Å². The summed E-state index contributed by atoms with van der Waals surface area (Å²) < 4.78 is 0. The molecule has 2 N–H and O–H groups in total. The minimum absolute atomic E-state index is 0.256. The van der Waals surface area contributed by atoms with Crippen molar-refractivity contribution in [3.8, 4) is 0 Å². The van der Waals surface area contributed by atoms with Gasteiger partial charge in [0.15, 0.2) is 0 Å². The minimum atomic E-state index is 0.256. The topological polar surface area (TPSA) is 29.3 Å². The highest BCUT2D eigenvalue weighted by atomic mass is 32.1. The summed E-state index contributed by atoms with van der Waals surface area (Å²) >= 11 is 1.92. The number of aryl methyl sites for hydroxylation is 1. The van der Waals surface area contributed by atoms with Crippen molar-refractivity contribution in [1.29, 1.82) is 0 Å². The van der Waals surface area contributed by atoms with Crippen LogP contribution in [0.4, 0.5) is 0 Å². The van der Waals surface area contributed by atoms with Crippen LogP contribution in [0.3, 0.4) is 0 Å². The van der Waals surface area contributed by atoms with Gasteiger partial charge in [-0.2, -0.15) is 0 Å². The van der Waals surface area contributed by atoms with E-state index >= 15 is 0 Å². The van der Waals surface area contributed by atoms with Crippen LogP contribution in [0.25, 0.3) is 0 Å². The summed E-state index contributed by atoms with van der Waals surface area (Å²) in [6, 6.07) is 5.20. The molecule has 1 aliphatic heterocycles. The van der Waals surface area contributed by atoms with Crippen LogP contribution in [-0.4, -0.2) is 24.0 Å². The van der Waals surface area contributed by atoms with E-state index in [2.05, 4.69) is 37.8 Å². The number of nitrogens with two attached hydrogens (primary N) is 1. The maximum atomic E-state index is 6.44. The van der Waals surface area contributed by atoms with Gasteiger partial charge in [0, 0.05) is 15.8 Å². The molecule has 0 radical (unpaired) electrons. The zero-order valence-corrected chi connectivity index (χ0v) is 13.4. The van der Waals surface area contributed by atoms with E-state index in [4.69, 9.17) is 5.73 Å². The fraction of sp³-hybridized carbons (Fsp3) is 0.750. The zero-order chi connectivity index (χ0) is 13.8. The molecule has 0 saturated carbocycles. The predicted molar refractivity (Wildman–Crippen MR) is 84.7 cm³/mol. The van der Waals surface area contributed by atoms with E-state index in [1.165, 1.54) is 42.1 Å². The molecule has 1 aromatic rings. The number of likely N-dealkylation sites (tertiary alicyclic amines) is 1. The first-order valence-electron chi connectivity index (χ1n) is 7.67. The molecule has 3 unspecified atom stereocenters. The smallest absolute Gasteiger partial charge is 0.0593 e. The maximum Gasteiger partial charge on any atom is 0.0593 e. The van der Waals surface area contributed by atoms with Crippen LogP contribution in [0.5, 0.6) is 0 Å². The Morgan fingerprint density at radius 3 is 2.79 bits per heavy atom. The van der Waals surface area contributed by atoms with Crippen molar-refractivity contribution in [2.75, 3.05) is 13.1 Å². The summed E-state index contributed by atoms with van der Waals surface area (Å²) in [5.74, 6) is 0.869. The van der Waals surface area contributed by atoms with Gasteiger partial charge >= 0.3 is 0 Å². The molecule has 2 rings (SSSR count). The van der Waals surface area contributed by atoms with E-state index < -0.39 is 0 Å². The van der Waals surface area contributed by atoms with Gasteiger partial charge < -0.3 is 5.73 Å². The van der Waals surface area contributed by atoms with Gasteiger partial charge in [-0.3, -0.25) is 4.90 Å². The molecule has 0 spiro atoms. The highest BCUT2D eigenvalue weighted by Gasteiger charge is 2.28. The van der Waals surface area contributed by atoms with E-state index in [9.17, 15) is 0 Å². The Kier molecular flexibility index (Phi) is 5.43. The standard InChI is InChI=1S/C16H28N2S/c1-4-14(17)16(15-8-7-13(3)19-15)18-10-5-6-12(2)9-11-18/h7-8,12,14,16H,4-6,9-11,17H2,1-3H3. The van der Waals surface area contributed by atoms with Gasteiger partial charge in [-0.25, -0.2) is 0 Å². The van der Waals surface area contributed by atoms with E-state index in [0.717, 1.165) is 12.3 Å². The second-order valence-corrected chi connectivity index (χ2v) is 7.36. The number of hydrogen-bond acceptors (Lipinski definition) is 3. The van der Waals surface area contributed by atoms with Crippen LogP contribution in [0.15, 0.2) is 12.1 Å². The lowest BCUT2D eigenvalue weighted by Gasteiger charge is -2.34. The number of rotatable bonds is 4. The highest BCUT2D eigenvalue weighted by molar-refractivity contribution is 7.12. The van der Waals surface area contributed by atoms with Crippen LogP contribution >= 0.6 is 11.3 Å². The van der Waals surface area contributed by atoms with Crippen molar-refractivity contribution >= 4 is 11.3 Å². The molecule has 0 bridgehead atoms. The molecule has 19 heavy (non-hydrogen) atoms. The van der Waals surface area contributed by atoms with Crippen molar-refractivity contribution in [2.45, 2.75) is 58.5 Å². The van der Waals surface area contributed by atoms with E-state index in [1.807, 2.05) is 11.3 Å². The summed E-state index contributed by atoms with van der Waals surface area (Å²) in [5, 5.41) is 0. The van der Waals surface area contributed by atoms with Gasteiger partial charge in [-0.05, 0) is 63.7 Å². The van der Waals surface area contributed by atoms with Crippen LogP contribution < -0.4 is 5.73 Å². The fourth-order valence-electron chi connectivity index (χ4n) is 3.06. The lowest BCUT2D eigenvalue weighted by Crippen LogP contribution is -2.41. The molecule has 1 aromatic heterocycles. The molecule has 1 fully saturated rings. The molecule has 0 aliphatic carbocycles. The summed E-state index contributed by atoms with van der Waals surface area (Å²) in [5.41, 5.74) is 6.44. The van der Waals surface area contributed by atoms with Crippen molar-refractivity contribution in [3.63, 3.8) is 0 Å². The number of hydrogen-bond donors (Lipinski definition) is 1. The van der Waals surface area contributed by atoms with Gasteiger partial charge in [0.2, 0.25) is 0 Å². The highest BCUT2D eigenvalue weighted by Crippen LogP contribution is 2.33. The van der Waals surface area contributed by atoms with Crippen LogP contribution in [0.1, 0.15) is 55.3 Å². The molecule has 3 heteroatoms. The predicted octanol–water partition coefficient (Wildman–Crippen LogP) is 3.96. The average Bonchev–Trinajstić information content (AvgIpc) is 2.69. The Labute approximate surface area is 122 Å². The zero-order valence-electron chi connectivity index (χ0n) is 12.6. The molecule has 2 heterocycles. The Morgan fingerprint density at radius 2 is 2.16 bits per heavy atom. The lowest BCUT2D eigenvalue weighted by molar-refractivity contribution is 0.176. The second-order valence-electron chi connectivity index (χ2n) is 6.04. The largest absolute Gasteiger partial charge is 0.326 e. The molecular weight excluding hydrogens is 252 g/mol. The maximum absolute atomic E-state index is 6.44. The van der Waals surface area contributed by atoms with Crippen LogP contribution in [0.2, 0.25) is 0 Å². The quantitative estimate of drug-likeness (QED) is 0.904. The molecule has 3 atom stereocenters. The van der Waals surface area contributed by atoms with E-state index in [-0.39, 0.29) is 6.04 Å². The fourth-order valence-corrected chi connectivity index (χ4v) is 4.15. The molecule has 1 aliphatic rings. The first-order valence-corrected chi connectivity index (χ1v) is 8.49. The first-order chi connectivity index (χ1) is 9.11.